The number of allylic oxidation sites excluding steroid dienone is 2. The first kappa shape index (κ1) is 13.3. The van der Waals surface area contributed by atoms with E-state index in [-0.39, 0.29) is 5.41 Å². The molecule has 0 aromatic heterocycles. The number of hydrogen-bond acceptors (Lipinski definition) is 1. The van der Waals surface area contributed by atoms with Gasteiger partial charge in [-0.2, -0.15) is 0 Å². The van der Waals surface area contributed by atoms with Crippen LogP contribution in [0.15, 0.2) is 60.7 Å². The monoisotopic (exact) mass is 300 g/mol. The van der Waals surface area contributed by atoms with Crippen LogP contribution < -0.4 is 0 Å². The molecule has 2 bridgehead atoms. The molecule has 5 rings (SSSR count). The zero-order valence-electron chi connectivity index (χ0n) is 13.2. The molecule has 23 heavy (non-hydrogen) atoms. The normalized spacial score (nSPS) is 30.9. The number of rotatable bonds is 1. The first-order chi connectivity index (χ1) is 11.3. The summed E-state index contributed by atoms with van der Waals surface area (Å²) < 4.78 is 0. The molecule has 114 valence electrons. The molecule has 3 atom stereocenters. The van der Waals surface area contributed by atoms with Crippen molar-refractivity contribution in [1.82, 2.24) is 0 Å². The van der Waals surface area contributed by atoms with Gasteiger partial charge in [-0.3, -0.25) is 4.79 Å². The van der Waals surface area contributed by atoms with Crippen molar-refractivity contribution >= 4 is 5.78 Å². The fourth-order valence-corrected chi connectivity index (χ4v) is 5.16. The van der Waals surface area contributed by atoms with Gasteiger partial charge in [0, 0.05) is 11.0 Å². The molecule has 2 aromatic rings. The number of carbonyl (C=O) groups excluding carboxylic acids is 1. The van der Waals surface area contributed by atoms with E-state index in [0.717, 1.165) is 36.0 Å². The summed E-state index contributed by atoms with van der Waals surface area (Å²) >= 11 is 0. The lowest BCUT2D eigenvalue weighted by atomic mass is 9.62. The number of benzene rings is 2. The second kappa shape index (κ2) is 4.67. The van der Waals surface area contributed by atoms with Gasteiger partial charge in [0.15, 0.2) is 5.78 Å². The minimum atomic E-state index is -0.114. The van der Waals surface area contributed by atoms with Gasteiger partial charge in [0.25, 0.3) is 0 Å². The lowest BCUT2D eigenvalue weighted by Gasteiger charge is -2.39. The second-order valence-corrected chi connectivity index (χ2v) is 7.38. The molecule has 0 saturated heterocycles. The van der Waals surface area contributed by atoms with Crippen LogP contribution in [0.2, 0.25) is 0 Å². The largest absolute Gasteiger partial charge is 0.293 e. The van der Waals surface area contributed by atoms with E-state index < -0.39 is 0 Å². The van der Waals surface area contributed by atoms with Crippen LogP contribution in [0.25, 0.3) is 11.1 Å². The summed E-state index contributed by atoms with van der Waals surface area (Å²) in [6.45, 7) is 0. The van der Waals surface area contributed by atoms with Gasteiger partial charge in [-0.25, -0.2) is 0 Å². The average Bonchev–Trinajstić information content (AvgIpc) is 3.20. The third-order valence-electron chi connectivity index (χ3n) is 6.26. The molecule has 0 amide bonds. The molecule has 1 fully saturated rings. The van der Waals surface area contributed by atoms with Crippen molar-refractivity contribution < 1.29 is 4.79 Å². The van der Waals surface area contributed by atoms with Crippen molar-refractivity contribution in [2.24, 2.45) is 17.3 Å². The molecule has 3 aliphatic carbocycles. The van der Waals surface area contributed by atoms with Crippen molar-refractivity contribution in [3.8, 4) is 11.1 Å². The SMILES string of the molecule is O=C1c2c(cccc2-c2ccccc2)CCC12CC1C=CC2C1. The molecule has 1 nitrogen and oxygen atoms in total. The fourth-order valence-electron chi connectivity index (χ4n) is 5.16. The van der Waals surface area contributed by atoms with E-state index in [1.54, 1.807) is 0 Å². The Morgan fingerprint density at radius 1 is 0.957 bits per heavy atom. The predicted octanol–water partition coefficient (Wildman–Crippen LogP) is 5.06. The van der Waals surface area contributed by atoms with Crippen LogP contribution in [-0.2, 0) is 6.42 Å². The molecule has 3 unspecified atom stereocenters. The standard InChI is InChI=1S/C22H20O/c23-21-20-17(7-4-8-19(20)16-5-2-1-3-6-16)11-12-22(21)14-15-9-10-18(22)13-15/h1-10,15,18H,11-14H2. The Hall–Kier alpha value is -2.15. The fraction of sp³-hybridized carbons (Fsp3) is 0.318. The van der Waals surface area contributed by atoms with Crippen molar-refractivity contribution in [3.63, 3.8) is 0 Å². The molecule has 0 N–H and O–H groups in total. The van der Waals surface area contributed by atoms with E-state index in [2.05, 4.69) is 54.6 Å². The van der Waals surface area contributed by atoms with Gasteiger partial charge in [0.1, 0.15) is 0 Å². The van der Waals surface area contributed by atoms with Crippen LogP contribution in [0.1, 0.15) is 35.2 Å². The zero-order valence-corrected chi connectivity index (χ0v) is 13.2. The highest BCUT2D eigenvalue weighted by Crippen LogP contribution is 2.58. The maximum Gasteiger partial charge on any atom is 0.170 e. The minimum absolute atomic E-state index is 0.114. The van der Waals surface area contributed by atoms with Crippen LogP contribution in [0.3, 0.4) is 0 Å². The average molecular weight is 300 g/mol. The van der Waals surface area contributed by atoms with Crippen LogP contribution >= 0.6 is 0 Å². The van der Waals surface area contributed by atoms with Gasteiger partial charge >= 0.3 is 0 Å². The molecule has 0 aliphatic heterocycles. The summed E-state index contributed by atoms with van der Waals surface area (Å²) in [7, 11) is 0. The molecular formula is C22H20O. The smallest absolute Gasteiger partial charge is 0.170 e. The Balaban J connectivity index is 1.68. The summed E-state index contributed by atoms with van der Waals surface area (Å²) in [6.07, 6.45) is 8.98. The van der Waals surface area contributed by atoms with Crippen LogP contribution in [-0.4, -0.2) is 5.78 Å². The molecule has 3 aliphatic rings. The second-order valence-electron chi connectivity index (χ2n) is 7.38. The molecule has 1 heteroatoms. The minimum Gasteiger partial charge on any atom is -0.293 e. The molecule has 1 saturated carbocycles. The van der Waals surface area contributed by atoms with Crippen molar-refractivity contribution in [1.29, 1.82) is 0 Å². The van der Waals surface area contributed by atoms with Gasteiger partial charge in [-0.1, -0.05) is 60.7 Å². The molecular weight excluding hydrogens is 280 g/mol. The summed E-state index contributed by atoms with van der Waals surface area (Å²) in [6, 6.07) is 16.7. The quantitative estimate of drug-likeness (QED) is 0.672. The Kier molecular flexibility index (Phi) is 2.70. The van der Waals surface area contributed by atoms with Crippen LogP contribution in [0.5, 0.6) is 0 Å². The van der Waals surface area contributed by atoms with Crippen molar-refractivity contribution in [2.45, 2.75) is 25.7 Å². The molecule has 1 spiro atoms. The summed E-state index contributed by atoms with van der Waals surface area (Å²) in [5, 5.41) is 0. The summed E-state index contributed by atoms with van der Waals surface area (Å²) in [5.41, 5.74) is 4.42. The van der Waals surface area contributed by atoms with Crippen LogP contribution in [0.4, 0.5) is 0 Å². The topological polar surface area (TPSA) is 17.1 Å². The van der Waals surface area contributed by atoms with E-state index in [0.29, 0.717) is 17.6 Å². The Labute approximate surface area is 137 Å². The maximum absolute atomic E-state index is 13.6. The lowest BCUT2D eigenvalue weighted by molar-refractivity contribution is 0.0703. The highest BCUT2D eigenvalue weighted by Gasteiger charge is 2.54. The molecule has 2 aromatic carbocycles. The van der Waals surface area contributed by atoms with Gasteiger partial charge in [-0.05, 0) is 54.2 Å². The van der Waals surface area contributed by atoms with Gasteiger partial charge in [0.05, 0.1) is 0 Å². The van der Waals surface area contributed by atoms with E-state index >= 15 is 0 Å². The number of ketones is 1. The van der Waals surface area contributed by atoms with Crippen molar-refractivity contribution in [3.05, 3.63) is 71.8 Å². The Morgan fingerprint density at radius 3 is 2.57 bits per heavy atom. The van der Waals surface area contributed by atoms with Gasteiger partial charge < -0.3 is 0 Å². The third kappa shape index (κ3) is 1.77. The molecule has 0 radical (unpaired) electrons. The van der Waals surface area contributed by atoms with Crippen molar-refractivity contribution in [2.75, 3.05) is 0 Å². The molecule has 0 heterocycles. The number of carbonyl (C=O) groups is 1. The first-order valence-corrected chi connectivity index (χ1v) is 8.68. The number of aryl methyl sites for hydroxylation is 1. The first-order valence-electron chi connectivity index (χ1n) is 8.68. The van der Waals surface area contributed by atoms with Gasteiger partial charge in [0.2, 0.25) is 0 Å². The predicted molar refractivity (Wildman–Crippen MR) is 92.3 cm³/mol. The van der Waals surface area contributed by atoms with Crippen LogP contribution in [0, 0.1) is 17.3 Å². The Bertz CT molecular complexity index is 817. The number of hydrogen-bond donors (Lipinski definition) is 0. The highest BCUT2D eigenvalue weighted by molar-refractivity contribution is 6.08. The zero-order chi connectivity index (χ0) is 15.4. The van der Waals surface area contributed by atoms with E-state index in [1.807, 2.05) is 6.07 Å². The highest BCUT2D eigenvalue weighted by atomic mass is 16.1. The summed E-state index contributed by atoms with van der Waals surface area (Å²) in [5.74, 6) is 1.52. The number of Topliss-reactive ketones (excluding diaryl/α,β-unsaturated/α-hetero) is 1. The number of fused-ring (bicyclic) bond motifs is 4. The third-order valence-corrected chi connectivity index (χ3v) is 6.26. The van der Waals surface area contributed by atoms with Gasteiger partial charge in [-0.15, -0.1) is 0 Å². The van der Waals surface area contributed by atoms with E-state index in [4.69, 9.17) is 0 Å². The van der Waals surface area contributed by atoms with E-state index in [1.165, 1.54) is 12.0 Å². The van der Waals surface area contributed by atoms with E-state index in [9.17, 15) is 4.79 Å². The summed E-state index contributed by atoms with van der Waals surface area (Å²) in [4.78, 5) is 13.6. The lowest BCUT2D eigenvalue weighted by Crippen LogP contribution is -2.39. The Morgan fingerprint density at radius 2 is 1.83 bits per heavy atom. The maximum atomic E-state index is 13.6.